The molecule has 0 aromatic heterocycles. The van der Waals surface area contributed by atoms with E-state index >= 15 is 0 Å². The highest BCUT2D eigenvalue weighted by molar-refractivity contribution is 5.39. The number of benzene rings is 1. The molecule has 0 spiro atoms. The van der Waals surface area contributed by atoms with E-state index in [1.807, 2.05) is 13.8 Å². The monoisotopic (exact) mass is 219 g/mol. The SMILES string of the molecule is C=C(C)C(NCC)c1ccc(C)c(OC)c1. The molecule has 0 heterocycles. The van der Waals surface area contributed by atoms with E-state index in [0.29, 0.717) is 0 Å². The zero-order valence-corrected chi connectivity index (χ0v) is 10.6. The van der Waals surface area contributed by atoms with Crippen LogP contribution in [-0.4, -0.2) is 13.7 Å². The summed E-state index contributed by atoms with van der Waals surface area (Å²) < 4.78 is 5.34. The van der Waals surface area contributed by atoms with Crippen molar-refractivity contribution in [1.82, 2.24) is 5.32 Å². The number of aryl methyl sites for hydroxylation is 1. The maximum Gasteiger partial charge on any atom is 0.122 e. The van der Waals surface area contributed by atoms with E-state index in [4.69, 9.17) is 4.74 Å². The Morgan fingerprint density at radius 2 is 2.19 bits per heavy atom. The van der Waals surface area contributed by atoms with Gasteiger partial charge >= 0.3 is 0 Å². The first-order valence-electron chi connectivity index (χ1n) is 5.63. The fourth-order valence-corrected chi connectivity index (χ4v) is 1.80. The Kier molecular flexibility index (Phi) is 4.56. The molecule has 16 heavy (non-hydrogen) atoms. The van der Waals surface area contributed by atoms with Crippen LogP contribution in [-0.2, 0) is 0 Å². The first kappa shape index (κ1) is 12.8. The molecule has 0 amide bonds. The average Bonchev–Trinajstić information content (AvgIpc) is 2.26. The fraction of sp³-hybridized carbons (Fsp3) is 0.429. The normalized spacial score (nSPS) is 12.2. The van der Waals surface area contributed by atoms with Crippen molar-refractivity contribution in [2.45, 2.75) is 26.8 Å². The van der Waals surface area contributed by atoms with Crippen LogP contribution in [0.15, 0.2) is 30.4 Å². The maximum atomic E-state index is 5.34. The van der Waals surface area contributed by atoms with Crippen molar-refractivity contribution in [2.24, 2.45) is 0 Å². The van der Waals surface area contributed by atoms with Crippen LogP contribution in [0.2, 0.25) is 0 Å². The van der Waals surface area contributed by atoms with Gasteiger partial charge in [-0.15, -0.1) is 0 Å². The van der Waals surface area contributed by atoms with Gasteiger partial charge in [-0.2, -0.15) is 0 Å². The van der Waals surface area contributed by atoms with Gasteiger partial charge in [0, 0.05) is 0 Å². The van der Waals surface area contributed by atoms with Crippen LogP contribution in [0, 0.1) is 6.92 Å². The molecule has 1 atom stereocenters. The smallest absolute Gasteiger partial charge is 0.122 e. The summed E-state index contributed by atoms with van der Waals surface area (Å²) in [6, 6.07) is 6.50. The Hall–Kier alpha value is -1.28. The van der Waals surface area contributed by atoms with Gasteiger partial charge in [0.05, 0.1) is 13.2 Å². The number of hydrogen-bond acceptors (Lipinski definition) is 2. The number of nitrogens with one attached hydrogen (secondary N) is 1. The summed E-state index contributed by atoms with van der Waals surface area (Å²) in [6.45, 7) is 11.1. The predicted molar refractivity (Wildman–Crippen MR) is 69.0 cm³/mol. The summed E-state index contributed by atoms with van der Waals surface area (Å²) in [7, 11) is 1.70. The van der Waals surface area contributed by atoms with Crippen LogP contribution in [0.25, 0.3) is 0 Å². The molecule has 0 aliphatic heterocycles. The molecule has 0 aliphatic carbocycles. The van der Waals surface area contributed by atoms with Crippen molar-refractivity contribution in [3.05, 3.63) is 41.5 Å². The highest BCUT2D eigenvalue weighted by Crippen LogP contribution is 2.26. The highest BCUT2D eigenvalue weighted by atomic mass is 16.5. The minimum Gasteiger partial charge on any atom is -0.496 e. The standard InChI is InChI=1S/C14H21NO/c1-6-15-14(10(2)3)12-8-7-11(4)13(9-12)16-5/h7-9,14-15H,2,6H2,1,3-5H3. The molecule has 1 unspecified atom stereocenters. The van der Waals surface area contributed by atoms with Gasteiger partial charge in [-0.05, 0) is 37.6 Å². The second-order valence-corrected chi connectivity index (χ2v) is 4.07. The molecule has 1 N–H and O–H groups in total. The van der Waals surface area contributed by atoms with Gasteiger partial charge in [0.1, 0.15) is 5.75 Å². The van der Waals surface area contributed by atoms with Gasteiger partial charge in [-0.1, -0.05) is 31.2 Å². The topological polar surface area (TPSA) is 21.3 Å². The Morgan fingerprint density at radius 3 is 2.69 bits per heavy atom. The molecular weight excluding hydrogens is 198 g/mol. The third-order valence-corrected chi connectivity index (χ3v) is 2.67. The molecule has 2 heteroatoms. The number of rotatable bonds is 5. The van der Waals surface area contributed by atoms with E-state index in [0.717, 1.165) is 23.4 Å². The van der Waals surface area contributed by atoms with E-state index in [9.17, 15) is 0 Å². The number of likely N-dealkylation sites (N-methyl/N-ethyl adjacent to an activating group) is 1. The van der Waals surface area contributed by atoms with Crippen LogP contribution < -0.4 is 10.1 Å². The van der Waals surface area contributed by atoms with Crippen LogP contribution >= 0.6 is 0 Å². The van der Waals surface area contributed by atoms with Crippen LogP contribution in [0.3, 0.4) is 0 Å². The molecule has 0 saturated carbocycles. The van der Waals surface area contributed by atoms with E-state index < -0.39 is 0 Å². The van der Waals surface area contributed by atoms with Crippen molar-refractivity contribution in [3.8, 4) is 5.75 Å². The van der Waals surface area contributed by atoms with E-state index in [1.54, 1.807) is 7.11 Å². The highest BCUT2D eigenvalue weighted by Gasteiger charge is 2.12. The molecule has 1 aromatic carbocycles. The average molecular weight is 219 g/mol. The van der Waals surface area contributed by atoms with Gasteiger partial charge in [0.2, 0.25) is 0 Å². The second-order valence-electron chi connectivity index (χ2n) is 4.07. The maximum absolute atomic E-state index is 5.34. The van der Waals surface area contributed by atoms with Crippen LogP contribution in [0.1, 0.15) is 31.0 Å². The third-order valence-electron chi connectivity index (χ3n) is 2.67. The Labute approximate surface area is 98.3 Å². The van der Waals surface area contributed by atoms with Gasteiger partial charge in [-0.3, -0.25) is 0 Å². The lowest BCUT2D eigenvalue weighted by atomic mass is 9.99. The largest absolute Gasteiger partial charge is 0.496 e. The molecule has 88 valence electrons. The molecule has 0 radical (unpaired) electrons. The number of methoxy groups -OCH3 is 1. The zero-order chi connectivity index (χ0) is 12.1. The van der Waals surface area contributed by atoms with E-state index in [-0.39, 0.29) is 6.04 Å². The lowest BCUT2D eigenvalue weighted by molar-refractivity contribution is 0.410. The summed E-state index contributed by atoms with van der Waals surface area (Å²) in [5, 5.41) is 3.41. The molecule has 2 nitrogen and oxygen atoms in total. The number of ether oxygens (including phenoxy) is 1. The predicted octanol–water partition coefficient (Wildman–Crippen LogP) is 3.23. The van der Waals surface area contributed by atoms with Crippen molar-refractivity contribution in [1.29, 1.82) is 0 Å². The van der Waals surface area contributed by atoms with Gasteiger partial charge in [0.15, 0.2) is 0 Å². The summed E-state index contributed by atoms with van der Waals surface area (Å²) in [5.74, 6) is 0.932. The first-order valence-corrected chi connectivity index (χ1v) is 5.63. The second kappa shape index (κ2) is 5.71. The first-order chi connectivity index (χ1) is 7.60. The van der Waals surface area contributed by atoms with E-state index in [2.05, 4.69) is 37.0 Å². The minimum absolute atomic E-state index is 0.208. The molecule has 1 aromatic rings. The van der Waals surface area contributed by atoms with Gasteiger partial charge < -0.3 is 10.1 Å². The van der Waals surface area contributed by atoms with Gasteiger partial charge in [-0.25, -0.2) is 0 Å². The zero-order valence-electron chi connectivity index (χ0n) is 10.6. The Balaban J connectivity index is 3.05. The molecule has 0 bridgehead atoms. The lowest BCUT2D eigenvalue weighted by Crippen LogP contribution is -2.21. The lowest BCUT2D eigenvalue weighted by Gasteiger charge is -2.19. The third kappa shape index (κ3) is 2.86. The van der Waals surface area contributed by atoms with Crippen LogP contribution in [0.5, 0.6) is 5.75 Å². The fourth-order valence-electron chi connectivity index (χ4n) is 1.80. The number of hydrogen-bond donors (Lipinski definition) is 1. The van der Waals surface area contributed by atoms with Crippen LogP contribution in [0.4, 0.5) is 0 Å². The summed E-state index contributed by atoms with van der Waals surface area (Å²) in [4.78, 5) is 0. The van der Waals surface area contributed by atoms with E-state index in [1.165, 1.54) is 5.56 Å². The molecule has 0 saturated heterocycles. The van der Waals surface area contributed by atoms with Crippen molar-refractivity contribution < 1.29 is 4.74 Å². The van der Waals surface area contributed by atoms with Gasteiger partial charge in [0.25, 0.3) is 0 Å². The molecule has 1 rings (SSSR count). The minimum atomic E-state index is 0.208. The Bertz CT molecular complexity index is 371. The van der Waals surface area contributed by atoms with Crippen molar-refractivity contribution >= 4 is 0 Å². The Morgan fingerprint density at radius 1 is 1.50 bits per heavy atom. The molecule has 0 aliphatic rings. The summed E-state index contributed by atoms with van der Waals surface area (Å²) in [6.07, 6.45) is 0. The van der Waals surface area contributed by atoms with Crippen molar-refractivity contribution in [2.75, 3.05) is 13.7 Å². The summed E-state index contributed by atoms with van der Waals surface area (Å²) in [5.41, 5.74) is 3.48. The quantitative estimate of drug-likeness (QED) is 0.768. The molecular formula is C14H21NO. The summed E-state index contributed by atoms with van der Waals surface area (Å²) >= 11 is 0. The van der Waals surface area contributed by atoms with Crippen molar-refractivity contribution in [3.63, 3.8) is 0 Å². The molecule has 0 fully saturated rings.